The molecular weight excluding hydrogens is 398 g/mol. The van der Waals surface area contributed by atoms with Crippen molar-refractivity contribution in [1.82, 2.24) is 0 Å². The molecule has 7 heteroatoms. The van der Waals surface area contributed by atoms with Crippen molar-refractivity contribution in [3.05, 3.63) is 58.1 Å². The van der Waals surface area contributed by atoms with Crippen LogP contribution in [-0.4, -0.2) is 26.0 Å². The molecule has 130 valence electrons. The van der Waals surface area contributed by atoms with Crippen molar-refractivity contribution < 1.29 is 14.3 Å². The van der Waals surface area contributed by atoms with Crippen molar-refractivity contribution in [2.45, 2.75) is 0 Å². The molecule has 0 atom stereocenters. The molecule has 3 rings (SSSR count). The molecular formula is C19H14BrN3O3. The number of fused-ring (bicyclic) bond motifs is 1. The number of hydrogen-bond acceptors (Lipinski definition) is 4. The largest absolute Gasteiger partial charge is 0.495 e. The van der Waals surface area contributed by atoms with Gasteiger partial charge in [0.1, 0.15) is 17.4 Å². The second-order valence-electron chi connectivity index (χ2n) is 5.54. The molecule has 26 heavy (non-hydrogen) atoms. The molecule has 0 saturated heterocycles. The Kier molecular flexibility index (Phi) is 4.78. The van der Waals surface area contributed by atoms with E-state index in [2.05, 4.69) is 21.2 Å². The van der Waals surface area contributed by atoms with Gasteiger partial charge in [0.2, 0.25) is 0 Å². The summed E-state index contributed by atoms with van der Waals surface area (Å²) in [5.41, 5.74) is 1.44. The number of ether oxygens (including phenoxy) is 1. The number of halogens is 1. The summed E-state index contributed by atoms with van der Waals surface area (Å²) in [6.45, 7) is 0. The van der Waals surface area contributed by atoms with Gasteiger partial charge in [-0.3, -0.25) is 9.59 Å². The highest BCUT2D eigenvalue weighted by Gasteiger charge is 2.34. The highest BCUT2D eigenvalue weighted by Crippen LogP contribution is 2.39. The molecule has 0 spiro atoms. The average molecular weight is 412 g/mol. The zero-order chi connectivity index (χ0) is 18.8. The lowest BCUT2D eigenvalue weighted by Gasteiger charge is -2.10. The summed E-state index contributed by atoms with van der Waals surface area (Å²) >= 11 is 3.36. The van der Waals surface area contributed by atoms with E-state index < -0.39 is 11.8 Å². The molecule has 1 aliphatic heterocycles. The summed E-state index contributed by atoms with van der Waals surface area (Å²) in [5, 5.41) is 12.2. The molecule has 0 radical (unpaired) electrons. The fraction of sp³-hybridized carbons (Fsp3) is 0.105. The Morgan fingerprint density at radius 2 is 2.00 bits per heavy atom. The van der Waals surface area contributed by atoms with Gasteiger partial charge in [-0.2, -0.15) is 5.26 Å². The molecule has 1 heterocycles. The normalized spacial score (nSPS) is 14.5. The van der Waals surface area contributed by atoms with Gasteiger partial charge in [-0.25, -0.2) is 0 Å². The van der Waals surface area contributed by atoms with Crippen LogP contribution in [0, 0.1) is 11.3 Å². The molecule has 0 aliphatic carbocycles. The number of hydrogen-bond donors (Lipinski definition) is 1. The van der Waals surface area contributed by atoms with E-state index in [0.29, 0.717) is 22.7 Å². The van der Waals surface area contributed by atoms with Crippen molar-refractivity contribution >= 4 is 44.7 Å². The van der Waals surface area contributed by atoms with Crippen LogP contribution in [0.4, 0.5) is 11.4 Å². The third-order valence-corrected chi connectivity index (χ3v) is 4.55. The fourth-order valence-corrected chi connectivity index (χ4v) is 3.15. The van der Waals surface area contributed by atoms with Crippen molar-refractivity contribution in [2.75, 3.05) is 24.4 Å². The second kappa shape index (κ2) is 7.02. The van der Waals surface area contributed by atoms with E-state index in [-0.39, 0.29) is 11.1 Å². The van der Waals surface area contributed by atoms with E-state index in [4.69, 9.17) is 4.74 Å². The summed E-state index contributed by atoms with van der Waals surface area (Å²) < 4.78 is 5.95. The SMILES string of the molecule is COc1ccccc1NC(=O)/C(C#N)=C1\C(=O)N(C)c2ccc(Br)cc21. The molecule has 0 aromatic heterocycles. The van der Waals surface area contributed by atoms with E-state index in [0.717, 1.165) is 4.47 Å². The van der Waals surface area contributed by atoms with Gasteiger partial charge in [-0.1, -0.05) is 28.1 Å². The number of likely N-dealkylation sites (N-methyl/N-ethyl adjacent to an activating group) is 1. The molecule has 2 aromatic rings. The van der Waals surface area contributed by atoms with Gasteiger partial charge in [0.05, 0.1) is 24.1 Å². The predicted molar refractivity (Wildman–Crippen MR) is 102 cm³/mol. The molecule has 6 nitrogen and oxygen atoms in total. The topological polar surface area (TPSA) is 82.4 Å². The Hall–Kier alpha value is -3.11. The number of nitrogens with zero attached hydrogens (tertiary/aromatic N) is 2. The summed E-state index contributed by atoms with van der Waals surface area (Å²) in [4.78, 5) is 26.8. The number of methoxy groups -OCH3 is 1. The molecule has 0 unspecified atom stereocenters. The number of carbonyl (C=O) groups excluding carboxylic acids is 2. The van der Waals surface area contributed by atoms with Crippen molar-refractivity contribution in [3.8, 4) is 11.8 Å². The smallest absolute Gasteiger partial charge is 0.267 e. The number of anilines is 2. The van der Waals surface area contributed by atoms with Gasteiger partial charge in [0.15, 0.2) is 0 Å². The van der Waals surface area contributed by atoms with Crippen LogP contribution in [0.5, 0.6) is 5.75 Å². The molecule has 0 saturated carbocycles. The maximum atomic E-state index is 12.7. The third-order valence-electron chi connectivity index (χ3n) is 4.05. The third kappa shape index (κ3) is 2.95. The molecule has 1 aliphatic rings. The number of nitrogens with one attached hydrogen (secondary N) is 1. The minimum atomic E-state index is -0.665. The van der Waals surface area contributed by atoms with Crippen LogP contribution in [0.25, 0.3) is 5.57 Å². The minimum absolute atomic E-state index is 0.0821. The van der Waals surface area contributed by atoms with Gasteiger partial charge in [-0.05, 0) is 30.3 Å². The van der Waals surface area contributed by atoms with E-state index in [1.165, 1.54) is 12.0 Å². The Labute approximate surface area is 158 Å². The first-order chi connectivity index (χ1) is 12.5. The number of carbonyl (C=O) groups is 2. The fourth-order valence-electron chi connectivity index (χ4n) is 2.79. The highest BCUT2D eigenvalue weighted by atomic mass is 79.9. The number of amides is 2. The molecule has 0 bridgehead atoms. The monoisotopic (exact) mass is 411 g/mol. The molecule has 2 aromatic carbocycles. The first kappa shape index (κ1) is 17.7. The van der Waals surface area contributed by atoms with E-state index >= 15 is 0 Å². The number of rotatable bonds is 3. The average Bonchev–Trinajstić information content (AvgIpc) is 2.87. The quantitative estimate of drug-likeness (QED) is 0.619. The van der Waals surface area contributed by atoms with Gasteiger partial charge >= 0.3 is 0 Å². The lowest BCUT2D eigenvalue weighted by atomic mass is 10.0. The number of para-hydroxylation sites is 2. The zero-order valence-electron chi connectivity index (χ0n) is 14.0. The van der Waals surface area contributed by atoms with Crippen LogP contribution in [0.3, 0.4) is 0 Å². The van der Waals surface area contributed by atoms with Crippen molar-refractivity contribution in [1.29, 1.82) is 5.26 Å². The summed E-state index contributed by atoms with van der Waals surface area (Å²) in [5.74, 6) is -0.604. The maximum Gasteiger partial charge on any atom is 0.267 e. The maximum absolute atomic E-state index is 12.7. The van der Waals surface area contributed by atoms with Crippen LogP contribution in [0.1, 0.15) is 5.56 Å². The summed E-state index contributed by atoms with van der Waals surface area (Å²) in [6.07, 6.45) is 0. The number of benzene rings is 2. The van der Waals surface area contributed by atoms with E-state index in [1.807, 2.05) is 6.07 Å². The lowest BCUT2D eigenvalue weighted by molar-refractivity contribution is -0.114. The Balaban J connectivity index is 2.08. The number of nitriles is 1. The van der Waals surface area contributed by atoms with Gasteiger partial charge < -0.3 is 15.0 Å². The van der Waals surface area contributed by atoms with Crippen LogP contribution in [0.15, 0.2) is 52.5 Å². The lowest BCUT2D eigenvalue weighted by Crippen LogP contribution is -2.23. The van der Waals surface area contributed by atoms with Crippen molar-refractivity contribution in [2.24, 2.45) is 0 Å². The van der Waals surface area contributed by atoms with E-state index in [1.54, 1.807) is 49.5 Å². The van der Waals surface area contributed by atoms with Gasteiger partial charge in [0.25, 0.3) is 11.8 Å². The van der Waals surface area contributed by atoms with Gasteiger partial charge in [0, 0.05) is 17.1 Å². The van der Waals surface area contributed by atoms with Crippen LogP contribution in [0.2, 0.25) is 0 Å². The Morgan fingerprint density at radius 3 is 2.69 bits per heavy atom. The Morgan fingerprint density at radius 1 is 1.27 bits per heavy atom. The zero-order valence-corrected chi connectivity index (χ0v) is 15.6. The minimum Gasteiger partial charge on any atom is -0.495 e. The van der Waals surface area contributed by atoms with Gasteiger partial charge in [-0.15, -0.1) is 0 Å². The molecule has 1 N–H and O–H groups in total. The Bertz CT molecular complexity index is 992. The first-order valence-electron chi connectivity index (χ1n) is 7.64. The predicted octanol–water partition coefficient (Wildman–Crippen LogP) is 3.35. The molecule has 2 amide bonds. The standard InChI is InChI=1S/C19H14BrN3O3/c1-23-15-8-7-11(20)9-12(15)17(19(23)25)13(10-21)18(24)22-14-5-3-4-6-16(14)26-2/h3-9H,1-2H3,(H,22,24)/b17-13-. The second-order valence-corrected chi connectivity index (χ2v) is 6.46. The van der Waals surface area contributed by atoms with Crippen LogP contribution < -0.4 is 15.0 Å². The summed E-state index contributed by atoms with van der Waals surface area (Å²) in [7, 11) is 3.09. The molecule has 0 fully saturated rings. The first-order valence-corrected chi connectivity index (χ1v) is 8.44. The van der Waals surface area contributed by atoms with Crippen molar-refractivity contribution in [3.63, 3.8) is 0 Å². The highest BCUT2D eigenvalue weighted by molar-refractivity contribution is 9.10. The van der Waals surface area contributed by atoms with Crippen LogP contribution in [-0.2, 0) is 9.59 Å². The van der Waals surface area contributed by atoms with E-state index in [9.17, 15) is 14.9 Å². The van der Waals surface area contributed by atoms with Crippen LogP contribution >= 0.6 is 15.9 Å². The summed E-state index contributed by atoms with van der Waals surface area (Å²) in [6, 6.07) is 14.0.